The monoisotopic (exact) mass is 480 g/mol. The molecule has 0 saturated heterocycles. The average molecular weight is 481 g/mol. The lowest BCUT2D eigenvalue weighted by molar-refractivity contribution is 0.350. The van der Waals surface area contributed by atoms with Gasteiger partial charge in [0.15, 0.2) is 11.0 Å². The summed E-state index contributed by atoms with van der Waals surface area (Å²) in [6.45, 7) is 1.38. The second-order valence-electron chi connectivity index (χ2n) is 7.47. The summed E-state index contributed by atoms with van der Waals surface area (Å²) in [4.78, 5) is 2.17. The van der Waals surface area contributed by atoms with E-state index in [0.29, 0.717) is 6.54 Å². The van der Waals surface area contributed by atoms with Crippen LogP contribution in [0.15, 0.2) is 82.6 Å². The Morgan fingerprint density at radius 2 is 2.00 bits per heavy atom. The number of halogens is 1. The Morgan fingerprint density at radius 1 is 1.12 bits per heavy atom. The Bertz CT molecular complexity index is 1210. The van der Waals surface area contributed by atoms with Gasteiger partial charge in [-0.15, -0.1) is 10.2 Å². The van der Waals surface area contributed by atoms with E-state index in [9.17, 15) is 0 Å². The van der Waals surface area contributed by atoms with Crippen LogP contribution in [0.5, 0.6) is 5.75 Å². The quantitative estimate of drug-likeness (QED) is 0.261. The Labute approximate surface area is 202 Å². The minimum absolute atomic E-state index is 0.629. The number of likely N-dealkylation sites (N-methyl/N-ethyl adjacent to an activating group) is 1. The largest absolute Gasteiger partial charge is 0.497 e. The van der Waals surface area contributed by atoms with E-state index in [1.807, 2.05) is 60.7 Å². The number of aromatic nitrogens is 3. The molecule has 0 aliphatic carbocycles. The standard InChI is InChI=1S/C25H25ClN4O2S/c1-29(13-5-11-22-12-6-14-32-22)17-24-27-28-25(33-18-19-7-3-8-20(26)15-19)30(24)21-9-4-10-23(16-21)31-2/h3-12,14-16H,13,17-18H2,1-2H3/b11-5+. The van der Waals surface area contributed by atoms with Crippen LogP contribution in [0.2, 0.25) is 5.02 Å². The van der Waals surface area contributed by atoms with E-state index in [2.05, 4.69) is 38.9 Å². The summed E-state index contributed by atoms with van der Waals surface area (Å²) in [6, 6.07) is 19.6. The van der Waals surface area contributed by atoms with Crippen LogP contribution in [0.4, 0.5) is 0 Å². The molecule has 0 aliphatic rings. The number of thioether (sulfide) groups is 1. The number of furan rings is 1. The van der Waals surface area contributed by atoms with Gasteiger partial charge in [-0.1, -0.05) is 47.6 Å². The number of hydrogen-bond donors (Lipinski definition) is 0. The van der Waals surface area contributed by atoms with Gasteiger partial charge in [-0.05, 0) is 55.1 Å². The summed E-state index contributed by atoms with van der Waals surface area (Å²) in [6.07, 6.45) is 5.71. The molecule has 0 amide bonds. The maximum Gasteiger partial charge on any atom is 0.196 e. The molecule has 0 unspecified atom stereocenters. The van der Waals surface area contributed by atoms with Gasteiger partial charge >= 0.3 is 0 Å². The van der Waals surface area contributed by atoms with Gasteiger partial charge in [0.1, 0.15) is 11.5 Å². The van der Waals surface area contributed by atoms with Gasteiger partial charge in [0.05, 0.1) is 25.6 Å². The van der Waals surface area contributed by atoms with Crippen molar-refractivity contribution in [3.63, 3.8) is 0 Å². The van der Waals surface area contributed by atoms with E-state index >= 15 is 0 Å². The predicted octanol–water partition coefficient (Wildman–Crippen LogP) is 5.96. The molecule has 0 N–H and O–H groups in total. The Morgan fingerprint density at radius 3 is 2.79 bits per heavy atom. The molecule has 0 radical (unpaired) electrons. The third kappa shape index (κ3) is 6.28. The van der Waals surface area contributed by atoms with Gasteiger partial charge in [-0.25, -0.2) is 0 Å². The van der Waals surface area contributed by atoms with Crippen molar-refractivity contribution >= 4 is 29.4 Å². The number of benzene rings is 2. The minimum atomic E-state index is 0.629. The van der Waals surface area contributed by atoms with E-state index in [1.54, 1.807) is 25.1 Å². The fourth-order valence-corrected chi connectivity index (χ4v) is 4.45. The molecule has 2 aromatic carbocycles. The molecule has 170 valence electrons. The van der Waals surface area contributed by atoms with E-state index in [-0.39, 0.29) is 0 Å². The second-order valence-corrected chi connectivity index (χ2v) is 8.85. The first-order valence-corrected chi connectivity index (χ1v) is 11.8. The molecule has 0 fully saturated rings. The van der Waals surface area contributed by atoms with Crippen LogP contribution < -0.4 is 4.74 Å². The number of ether oxygens (including phenoxy) is 1. The Kier molecular flexibility index (Phi) is 7.88. The van der Waals surface area contributed by atoms with Crippen molar-refractivity contribution in [2.45, 2.75) is 17.5 Å². The van der Waals surface area contributed by atoms with E-state index in [0.717, 1.165) is 51.1 Å². The summed E-state index contributed by atoms with van der Waals surface area (Å²) in [5.74, 6) is 3.21. The topological polar surface area (TPSA) is 56.3 Å². The molecule has 0 bridgehead atoms. The van der Waals surface area contributed by atoms with Crippen LogP contribution >= 0.6 is 23.4 Å². The Hall–Kier alpha value is -3.00. The normalized spacial score (nSPS) is 11.5. The average Bonchev–Trinajstić information content (AvgIpc) is 3.48. The summed E-state index contributed by atoms with van der Waals surface area (Å²) in [5, 5.41) is 10.6. The van der Waals surface area contributed by atoms with Crippen LogP contribution in [0.1, 0.15) is 17.1 Å². The first-order chi connectivity index (χ1) is 16.1. The number of hydrogen-bond acceptors (Lipinski definition) is 6. The van der Waals surface area contributed by atoms with Crippen molar-refractivity contribution in [3.8, 4) is 11.4 Å². The SMILES string of the molecule is COc1cccc(-n2c(CN(C)C/C=C/c3ccco3)nnc2SCc2cccc(Cl)c2)c1. The molecule has 6 nitrogen and oxygen atoms in total. The molecule has 4 rings (SSSR count). The van der Waals surface area contributed by atoms with Crippen molar-refractivity contribution in [3.05, 3.63) is 95.2 Å². The molecule has 2 heterocycles. The number of methoxy groups -OCH3 is 1. The van der Waals surface area contributed by atoms with Gasteiger partial charge < -0.3 is 9.15 Å². The zero-order chi connectivity index (χ0) is 23.0. The first-order valence-electron chi connectivity index (χ1n) is 10.5. The molecular formula is C25H25ClN4O2S. The predicted molar refractivity (Wildman–Crippen MR) is 133 cm³/mol. The van der Waals surface area contributed by atoms with Crippen LogP contribution in [-0.4, -0.2) is 40.4 Å². The lowest BCUT2D eigenvalue weighted by Gasteiger charge is -2.16. The molecule has 2 aromatic heterocycles. The van der Waals surface area contributed by atoms with Gasteiger partial charge in [-0.2, -0.15) is 0 Å². The van der Waals surface area contributed by atoms with Crippen molar-refractivity contribution in [1.29, 1.82) is 0 Å². The molecule has 8 heteroatoms. The van der Waals surface area contributed by atoms with Gasteiger partial charge in [0, 0.05) is 23.4 Å². The van der Waals surface area contributed by atoms with Crippen LogP contribution in [-0.2, 0) is 12.3 Å². The van der Waals surface area contributed by atoms with E-state index in [1.165, 1.54) is 0 Å². The smallest absolute Gasteiger partial charge is 0.196 e. The van der Waals surface area contributed by atoms with Crippen molar-refractivity contribution in [2.75, 3.05) is 20.7 Å². The third-order valence-electron chi connectivity index (χ3n) is 4.92. The highest BCUT2D eigenvalue weighted by molar-refractivity contribution is 7.98. The molecule has 0 saturated carbocycles. The van der Waals surface area contributed by atoms with Gasteiger partial charge in [0.25, 0.3) is 0 Å². The maximum absolute atomic E-state index is 6.15. The first kappa shape index (κ1) is 23.2. The number of rotatable bonds is 10. The lowest BCUT2D eigenvalue weighted by atomic mass is 10.2. The molecule has 4 aromatic rings. The van der Waals surface area contributed by atoms with Crippen molar-refractivity contribution in [1.82, 2.24) is 19.7 Å². The molecule has 0 atom stereocenters. The van der Waals surface area contributed by atoms with Crippen molar-refractivity contribution in [2.24, 2.45) is 0 Å². The summed E-state index contributed by atoms with van der Waals surface area (Å²) < 4.78 is 12.9. The van der Waals surface area contributed by atoms with Gasteiger partial charge in [-0.3, -0.25) is 9.47 Å². The highest BCUT2D eigenvalue weighted by atomic mass is 35.5. The van der Waals surface area contributed by atoms with Gasteiger partial charge in [0.2, 0.25) is 0 Å². The van der Waals surface area contributed by atoms with Crippen LogP contribution in [0.3, 0.4) is 0 Å². The molecular weight excluding hydrogens is 456 g/mol. The summed E-state index contributed by atoms with van der Waals surface area (Å²) >= 11 is 7.78. The molecule has 0 aliphatic heterocycles. The molecule has 0 spiro atoms. The number of nitrogens with zero attached hydrogens (tertiary/aromatic N) is 4. The zero-order valence-corrected chi connectivity index (χ0v) is 20.1. The molecule has 33 heavy (non-hydrogen) atoms. The summed E-state index contributed by atoms with van der Waals surface area (Å²) in [5.41, 5.74) is 2.09. The fourth-order valence-electron chi connectivity index (χ4n) is 3.32. The van der Waals surface area contributed by atoms with Crippen molar-refractivity contribution < 1.29 is 9.15 Å². The maximum atomic E-state index is 6.15. The second kappa shape index (κ2) is 11.2. The minimum Gasteiger partial charge on any atom is -0.497 e. The third-order valence-corrected chi connectivity index (χ3v) is 6.16. The highest BCUT2D eigenvalue weighted by Gasteiger charge is 2.16. The van der Waals surface area contributed by atoms with Crippen LogP contribution in [0, 0.1) is 0 Å². The van der Waals surface area contributed by atoms with E-state index in [4.69, 9.17) is 20.8 Å². The zero-order valence-electron chi connectivity index (χ0n) is 18.5. The van der Waals surface area contributed by atoms with E-state index < -0.39 is 0 Å². The highest BCUT2D eigenvalue weighted by Crippen LogP contribution is 2.28. The lowest BCUT2D eigenvalue weighted by Crippen LogP contribution is -2.20. The Balaban J connectivity index is 1.55. The fraction of sp³-hybridized carbons (Fsp3) is 0.200. The summed E-state index contributed by atoms with van der Waals surface area (Å²) in [7, 11) is 3.72. The van der Waals surface area contributed by atoms with Crippen LogP contribution in [0.25, 0.3) is 11.8 Å².